The van der Waals surface area contributed by atoms with Crippen LogP contribution in [0.2, 0.25) is 0 Å². The van der Waals surface area contributed by atoms with Gasteiger partial charge in [-0.05, 0) is 54.8 Å². The molecule has 1 aromatic carbocycles. The molecule has 3 aliphatic rings. The molecule has 1 saturated heterocycles. The molecule has 1 amide bonds. The van der Waals surface area contributed by atoms with Crippen LogP contribution in [-0.4, -0.2) is 49.4 Å². The van der Waals surface area contributed by atoms with Gasteiger partial charge in [0.2, 0.25) is 5.91 Å². The minimum atomic E-state index is -4.67. The van der Waals surface area contributed by atoms with Gasteiger partial charge < -0.3 is 15.4 Å². The fourth-order valence-electron chi connectivity index (χ4n) is 4.11. The summed E-state index contributed by atoms with van der Waals surface area (Å²) in [4.78, 5) is 14.1. The highest BCUT2D eigenvalue weighted by Crippen LogP contribution is 2.51. The maximum atomic E-state index is 12.3. The van der Waals surface area contributed by atoms with E-state index in [-0.39, 0.29) is 11.7 Å². The summed E-state index contributed by atoms with van der Waals surface area (Å²) in [7, 11) is 0. The van der Waals surface area contributed by atoms with Crippen molar-refractivity contribution >= 4 is 5.91 Å². The van der Waals surface area contributed by atoms with Crippen LogP contribution in [0.4, 0.5) is 13.2 Å². The number of likely N-dealkylation sites (tertiary alicyclic amines) is 1. The third-order valence-corrected chi connectivity index (χ3v) is 5.60. The van der Waals surface area contributed by atoms with Crippen molar-refractivity contribution in [1.82, 2.24) is 15.5 Å². The molecule has 1 aromatic rings. The number of piperidine rings is 1. The molecule has 2 atom stereocenters. The lowest BCUT2D eigenvalue weighted by molar-refractivity contribution is -0.274. The SMILES string of the molecule is O=C(CN1CC2C(CNCc3cccc(OC(F)(F)F)c3)C2C1)NC1CC1. The number of amides is 1. The molecule has 0 bridgehead atoms. The largest absolute Gasteiger partial charge is 0.573 e. The Labute approximate surface area is 156 Å². The first-order valence-electron chi connectivity index (χ1n) is 9.44. The lowest BCUT2D eigenvalue weighted by Gasteiger charge is -2.19. The number of carbonyl (C=O) groups excluding carboxylic acids is 1. The molecular formula is C19H24F3N3O2. The number of rotatable bonds is 8. The molecule has 3 fully saturated rings. The zero-order chi connectivity index (χ0) is 19.0. The summed E-state index contributed by atoms with van der Waals surface area (Å²) in [5.74, 6) is 1.80. The van der Waals surface area contributed by atoms with E-state index in [2.05, 4.69) is 20.3 Å². The highest BCUT2D eigenvalue weighted by molar-refractivity contribution is 5.78. The third kappa shape index (κ3) is 5.13. The van der Waals surface area contributed by atoms with Gasteiger partial charge in [0.15, 0.2) is 0 Å². The van der Waals surface area contributed by atoms with E-state index in [0.717, 1.165) is 38.0 Å². The molecule has 2 unspecified atom stereocenters. The van der Waals surface area contributed by atoms with Crippen LogP contribution in [0.1, 0.15) is 18.4 Å². The van der Waals surface area contributed by atoms with Crippen molar-refractivity contribution in [1.29, 1.82) is 0 Å². The molecule has 4 rings (SSSR count). The molecule has 8 heteroatoms. The van der Waals surface area contributed by atoms with E-state index in [1.807, 2.05) is 0 Å². The Morgan fingerprint density at radius 2 is 1.96 bits per heavy atom. The minimum Gasteiger partial charge on any atom is -0.406 e. The van der Waals surface area contributed by atoms with Crippen LogP contribution < -0.4 is 15.4 Å². The van der Waals surface area contributed by atoms with E-state index in [9.17, 15) is 18.0 Å². The lowest BCUT2D eigenvalue weighted by Crippen LogP contribution is -2.38. The number of ether oxygens (including phenoxy) is 1. The van der Waals surface area contributed by atoms with Gasteiger partial charge in [-0.1, -0.05) is 12.1 Å². The molecule has 1 heterocycles. The van der Waals surface area contributed by atoms with Gasteiger partial charge in [0, 0.05) is 25.7 Å². The van der Waals surface area contributed by atoms with Gasteiger partial charge in [-0.15, -0.1) is 13.2 Å². The third-order valence-electron chi connectivity index (χ3n) is 5.60. The number of nitrogens with zero attached hydrogens (tertiary/aromatic N) is 1. The molecule has 27 heavy (non-hydrogen) atoms. The van der Waals surface area contributed by atoms with Gasteiger partial charge in [-0.2, -0.15) is 0 Å². The van der Waals surface area contributed by atoms with Crippen LogP contribution >= 0.6 is 0 Å². The Morgan fingerprint density at radius 3 is 2.63 bits per heavy atom. The van der Waals surface area contributed by atoms with Crippen molar-refractivity contribution < 1.29 is 22.7 Å². The van der Waals surface area contributed by atoms with E-state index < -0.39 is 6.36 Å². The van der Waals surface area contributed by atoms with Gasteiger partial charge >= 0.3 is 6.36 Å². The number of alkyl halides is 3. The second-order valence-corrected chi connectivity index (χ2v) is 7.85. The van der Waals surface area contributed by atoms with Crippen molar-refractivity contribution in [3.8, 4) is 5.75 Å². The molecule has 148 valence electrons. The second-order valence-electron chi connectivity index (χ2n) is 7.85. The van der Waals surface area contributed by atoms with Crippen LogP contribution in [0.5, 0.6) is 5.75 Å². The first kappa shape index (κ1) is 18.6. The molecule has 5 nitrogen and oxygen atoms in total. The summed E-state index contributed by atoms with van der Waals surface area (Å²) in [6.45, 7) is 3.78. The minimum absolute atomic E-state index is 0.134. The lowest BCUT2D eigenvalue weighted by atomic mass is 10.2. The fraction of sp³-hybridized carbons (Fsp3) is 0.632. The average Bonchev–Trinajstić information content (AvgIpc) is 3.45. The summed E-state index contributed by atoms with van der Waals surface area (Å²) in [6, 6.07) is 6.47. The van der Waals surface area contributed by atoms with Crippen molar-refractivity contribution in [3.63, 3.8) is 0 Å². The van der Waals surface area contributed by atoms with Crippen molar-refractivity contribution in [2.24, 2.45) is 17.8 Å². The normalized spacial score (nSPS) is 27.3. The summed E-state index contributed by atoms with van der Waals surface area (Å²) in [5, 5.41) is 6.36. The maximum absolute atomic E-state index is 12.3. The molecule has 1 aliphatic heterocycles. The predicted molar refractivity (Wildman–Crippen MR) is 92.9 cm³/mol. The van der Waals surface area contributed by atoms with Crippen LogP contribution in [0, 0.1) is 17.8 Å². The summed E-state index contributed by atoms with van der Waals surface area (Å²) < 4.78 is 40.8. The van der Waals surface area contributed by atoms with Gasteiger partial charge in [-0.3, -0.25) is 9.69 Å². The molecule has 0 radical (unpaired) electrons. The van der Waals surface area contributed by atoms with Crippen molar-refractivity contribution in [2.75, 3.05) is 26.2 Å². The first-order chi connectivity index (χ1) is 12.9. The molecular weight excluding hydrogens is 359 g/mol. The second kappa shape index (κ2) is 7.31. The van der Waals surface area contributed by atoms with Crippen LogP contribution in [0.3, 0.4) is 0 Å². The van der Waals surface area contributed by atoms with E-state index in [1.165, 1.54) is 12.1 Å². The highest BCUT2D eigenvalue weighted by atomic mass is 19.4. The smallest absolute Gasteiger partial charge is 0.406 e. The first-order valence-corrected chi connectivity index (χ1v) is 9.44. The Kier molecular flexibility index (Phi) is 5.03. The number of halogens is 3. The molecule has 2 aliphatic carbocycles. The summed E-state index contributed by atoms with van der Waals surface area (Å²) in [5.41, 5.74) is 0.765. The molecule has 2 saturated carbocycles. The van der Waals surface area contributed by atoms with E-state index in [0.29, 0.717) is 36.9 Å². The number of fused-ring (bicyclic) bond motifs is 1. The Balaban J connectivity index is 1.15. The summed E-state index contributed by atoms with van der Waals surface area (Å²) >= 11 is 0. The highest BCUT2D eigenvalue weighted by Gasteiger charge is 2.55. The Morgan fingerprint density at radius 1 is 1.22 bits per heavy atom. The topological polar surface area (TPSA) is 53.6 Å². The molecule has 0 aromatic heterocycles. The number of carbonyl (C=O) groups is 1. The number of nitrogens with one attached hydrogen (secondary N) is 2. The van der Waals surface area contributed by atoms with Gasteiger partial charge in [-0.25, -0.2) is 0 Å². The van der Waals surface area contributed by atoms with Gasteiger partial charge in [0.25, 0.3) is 0 Å². The van der Waals surface area contributed by atoms with Crippen molar-refractivity contribution in [3.05, 3.63) is 29.8 Å². The Hall–Kier alpha value is -1.80. The average molecular weight is 383 g/mol. The van der Waals surface area contributed by atoms with Crippen LogP contribution in [0.15, 0.2) is 24.3 Å². The standard InChI is InChI=1S/C19H24F3N3O2/c20-19(21,22)27-14-3-1-2-12(6-14)7-23-8-15-16-9-25(10-17(15)16)11-18(26)24-13-4-5-13/h1-3,6,13,15-17,23H,4-5,7-11H2,(H,24,26). The number of benzene rings is 1. The van der Waals surface area contributed by atoms with E-state index in [1.54, 1.807) is 12.1 Å². The van der Waals surface area contributed by atoms with Crippen molar-refractivity contribution in [2.45, 2.75) is 31.8 Å². The van der Waals surface area contributed by atoms with E-state index in [4.69, 9.17) is 0 Å². The Bertz CT molecular complexity index is 681. The van der Waals surface area contributed by atoms with Crippen LogP contribution in [-0.2, 0) is 11.3 Å². The van der Waals surface area contributed by atoms with Crippen LogP contribution in [0.25, 0.3) is 0 Å². The number of hydrogen-bond acceptors (Lipinski definition) is 4. The maximum Gasteiger partial charge on any atom is 0.573 e. The summed E-state index contributed by atoms with van der Waals surface area (Å²) in [6.07, 6.45) is -2.45. The zero-order valence-corrected chi connectivity index (χ0v) is 15.0. The van der Waals surface area contributed by atoms with Gasteiger partial charge in [0.05, 0.1) is 6.54 Å². The zero-order valence-electron chi connectivity index (χ0n) is 15.0. The molecule has 2 N–H and O–H groups in total. The number of hydrogen-bond donors (Lipinski definition) is 2. The van der Waals surface area contributed by atoms with Gasteiger partial charge in [0.1, 0.15) is 5.75 Å². The fourth-order valence-corrected chi connectivity index (χ4v) is 4.11. The molecule has 0 spiro atoms. The van der Waals surface area contributed by atoms with E-state index >= 15 is 0 Å². The monoisotopic (exact) mass is 383 g/mol. The quantitative estimate of drug-likeness (QED) is 0.722. The predicted octanol–water partition coefficient (Wildman–Crippen LogP) is 2.13.